The lowest BCUT2D eigenvalue weighted by Crippen LogP contribution is -2.36. The average molecular weight is 258 g/mol. The van der Waals surface area contributed by atoms with Gasteiger partial charge < -0.3 is 15.4 Å². The number of nitrogens with zero attached hydrogens (tertiary/aromatic N) is 3. The molecule has 98 valence electrons. The lowest BCUT2D eigenvalue weighted by Gasteiger charge is -2.29. The van der Waals surface area contributed by atoms with Crippen molar-refractivity contribution in [3.8, 4) is 0 Å². The molecule has 1 aliphatic heterocycles. The molecule has 2 aromatic heterocycles. The van der Waals surface area contributed by atoms with Crippen molar-refractivity contribution in [3.05, 3.63) is 30.1 Å². The van der Waals surface area contributed by atoms with Crippen molar-refractivity contribution >= 4 is 22.6 Å². The molecule has 6 heteroatoms. The molecule has 0 unspecified atom stereocenters. The van der Waals surface area contributed by atoms with Gasteiger partial charge in [0.15, 0.2) is 5.65 Å². The van der Waals surface area contributed by atoms with Gasteiger partial charge in [0, 0.05) is 36.6 Å². The Morgan fingerprint density at radius 2 is 2.11 bits per heavy atom. The number of primary amides is 1. The number of amides is 1. The number of rotatable bonds is 2. The second-order valence-corrected chi connectivity index (χ2v) is 4.39. The molecule has 0 aliphatic carbocycles. The van der Waals surface area contributed by atoms with Gasteiger partial charge in [-0.05, 0) is 12.1 Å². The molecule has 0 spiro atoms. The van der Waals surface area contributed by atoms with E-state index in [0.29, 0.717) is 24.4 Å². The number of nitrogens with two attached hydrogens (primary N) is 1. The zero-order valence-corrected chi connectivity index (χ0v) is 10.4. The fraction of sp³-hybridized carbons (Fsp3) is 0.308. The van der Waals surface area contributed by atoms with Crippen LogP contribution in [-0.4, -0.2) is 42.2 Å². The first-order valence-corrected chi connectivity index (χ1v) is 6.13. The Balaban J connectivity index is 2.11. The van der Waals surface area contributed by atoms with Gasteiger partial charge in [0.05, 0.1) is 18.8 Å². The van der Waals surface area contributed by atoms with Gasteiger partial charge in [0.2, 0.25) is 5.91 Å². The first kappa shape index (κ1) is 11.9. The molecule has 3 heterocycles. The summed E-state index contributed by atoms with van der Waals surface area (Å²) in [4.78, 5) is 21.9. The van der Waals surface area contributed by atoms with Crippen LogP contribution in [0.2, 0.25) is 0 Å². The highest BCUT2D eigenvalue weighted by Gasteiger charge is 2.15. The largest absolute Gasteiger partial charge is 0.378 e. The summed E-state index contributed by atoms with van der Waals surface area (Å²) in [5.41, 5.74) is 7.34. The number of fused-ring (bicyclic) bond motifs is 1. The van der Waals surface area contributed by atoms with Crippen molar-refractivity contribution in [3.63, 3.8) is 0 Å². The van der Waals surface area contributed by atoms with Gasteiger partial charge in [-0.3, -0.25) is 4.79 Å². The molecule has 1 aliphatic rings. The number of pyridine rings is 2. The highest BCUT2D eigenvalue weighted by atomic mass is 16.5. The second kappa shape index (κ2) is 4.81. The Morgan fingerprint density at radius 3 is 2.84 bits per heavy atom. The maximum absolute atomic E-state index is 11.3. The molecule has 0 saturated carbocycles. The second-order valence-electron chi connectivity index (χ2n) is 4.39. The third-order valence-corrected chi connectivity index (χ3v) is 3.21. The molecule has 6 nitrogen and oxygen atoms in total. The van der Waals surface area contributed by atoms with E-state index in [-0.39, 0.29) is 0 Å². The van der Waals surface area contributed by atoms with Gasteiger partial charge in [0.25, 0.3) is 0 Å². The van der Waals surface area contributed by atoms with Crippen LogP contribution in [0.3, 0.4) is 0 Å². The number of ether oxygens (including phenoxy) is 1. The molecule has 3 rings (SSSR count). The summed E-state index contributed by atoms with van der Waals surface area (Å²) in [5.74, 6) is -0.480. The van der Waals surface area contributed by atoms with Crippen molar-refractivity contribution in [1.82, 2.24) is 9.97 Å². The number of aromatic nitrogens is 2. The molecule has 1 amide bonds. The lowest BCUT2D eigenvalue weighted by atomic mass is 10.1. The molecule has 0 atom stereocenters. The van der Waals surface area contributed by atoms with Crippen LogP contribution in [-0.2, 0) is 4.74 Å². The molecule has 19 heavy (non-hydrogen) atoms. The molecule has 0 aromatic carbocycles. The Labute approximate surface area is 110 Å². The minimum absolute atomic E-state index is 0.398. The van der Waals surface area contributed by atoms with Crippen molar-refractivity contribution in [2.24, 2.45) is 5.73 Å². The normalized spacial score (nSPS) is 15.7. The van der Waals surface area contributed by atoms with E-state index >= 15 is 0 Å². The molecule has 1 fully saturated rings. The summed E-state index contributed by atoms with van der Waals surface area (Å²) in [6.45, 7) is 3.04. The summed E-state index contributed by atoms with van der Waals surface area (Å²) < 4.78 is 5.35. The molecular weight excluding hydrogens is 244 g/mol. The number of hydrogen-bond acceptors (Lipinski definition) is 5. The maximum Gasteiger partial charge on any atom is 0.250 e. The first-order chi connectivity index (χ1) is 9.25. The lowest BCUT2D eigenvalue weighted by molar-refractivity contribution is 0.1000. The molecule has 2 aromatic rings. The highest BCUT2D eigenvalue weighted by Crippen LogP contribution is 2.25. The number of morpholine rings is 1. The highest BCUT2D eigenvalue weighted by molar-refractivity contribution is 5.98. The van der Waals surface area contributed by atoms with E-state index in [2.05, 4.69) is 14.9 Å². The maximum atomic E-state index is 11.3. The molecule has 1 saturated heterocycles. The average Bonchev–Trinajstić information content (AvgIpc) is 2.47. The van der Waals surface area contributed by atoms with E-state index in [9.17, 15) is 4.79 Å². The molecule has 0 bridgehead atoms. The van der Waals surface area contributed by atoms with Crippen LogP contribution in [0.4, 0.5) is 5.69 Å². The van der Waals surface area contributed by atoms with Gasteiger partial charge in [-0.2, -0.15) is 0 Å². The Kier molecular flexibility index (Phi) is 3.00. The van der Waals surface area contributed by atoms with E-state index < -0.39 is 5.91 Å². The smallest absolute Gasteiger partial charge is 0.250 e. The van der Waals surface area contributed by atoms with Gasteiger partial charge in [-0.15, -0.1) is 0 Å². The summed E-state index contributed by atoms with van der Waals surface area (Å²) in [5, 5.41) is 0.848. The van der Waals surface area contributed by atoms with Crippen LogP contribution < -0.4 is 10.6 Å². The van der Waals surface area contributed by atoms with Gasteiger partial charge in [-0.1, -0.05) is 0 Å². The minimum Gasteiger partial charge on any atom is -0.378 e. The molecular formula is C13H14N4O2. The van der Waals surface area contributed by atoms with E-state index in [4.69, 9.17) is 10.5 Å². The first-order valence-electron chi connectivity index (χ1n) is 6.13. The Bertz CT molecular complexity index is 623. The molecule has 0 radical (unpaired) electrons. The minimum atomic E-state index is -0.480. The van der Waals surface area contributed by atoms with Crippen molar-refractivity contribution in [1.29, 1.82) is 0 Å². The summed E-state index contributed by atoms with van der Waals surface area (Å²) in [6, 6.07) is 3.68. The van der Waals surface area contributed by atoms with E-state index in [0.717, 1.165) is 24.2 Å². The van der Waals surface area contributed by atoms with Gasteiger partial charge >= 0.3 is 0 Å². The summed E-state index contributed by atoms with van der Waals surface area (Å²) in [7, 11) is 0. The third-order valence-electron chi connectivity index (χ3n) is 3.21. The predicted octanol–water partition coefficient (Wildman–Crippen LogP) is 0.565. The standard InChI is InChI=1S/C13H14N4O2/c14-12(18)9-7-10-11(17-3-5-19-6-4-17)1-2-15-13(10)16-8-9/h1-2,7-8H,3-6H2,(H2,14,18). The van der Waals surface area contributed by atoms with Crippen LogP contribution in [0, 0.1) is 0 Å². The van der Waals surface area contributed by atoms with Crippen LogP contribution in [0.1, 0.15) is 10.4 Å². The number of anilines is 1. The fourth-order valence-corrected chi connectivity index (χ4v) is 2.23. The summed E-state index contributed by atoms with van der Waals surface area (Å²) in [6.07, 6.45) is 3.19. The van der Waals surface area contributed by atoms with Crippen LogP contribution in [0.15, 0.2) is 24.5 Å². The van der Waals surface area contributed by atoms with Crippen LogP contribution >= 0.6 is 0 Å². The predicted molar refractivity (Wildman–Crippen MR) is 71.1 cm³/mol. The van der Waals surface area contributed by atoms with Crippen molar-refractivity contribution < 1.29 is 9.53 Å². The monoisotopic (exact) mass is 258 g/mol. The topological polar surface area (TPSA) is 81.3 Å². The summed E-state index contributed by atoms with van der Waals surface area (Å²) >= 11 is 0. The Morgan fingerprint density at radius 1 is 1.32 bits per heavy atom. The zero-order chi connectivity index (χ0) is 13.2. The number of hydrogen-bond donors (Lipinski definition) is 1. The quantitative estimate of drug-likeness (QED) is 0.851. The van der Waals surface area contributed by atoms with Crippen LogP contribution in [0.25, 0.3) is 11.0 Å². The van der Waals surface area contributed by atoms with Crippen molar-refractivity contribution in [2.75, 3.05) is 31.2 Å². The number of carbonyl (C=O) groups is 1. The zero-order valence-electron chi connectivity index (χ0n) is 10.4. The van der Waals surface area contributed by atoms with Crippen molar-refractivity contribution in [2.45, 2.75) is 0 Å². The third kappa shape index (κ3) is 2.22. The fourth-order valence-electron chi connectivity index (χ4n) is 2.23. The SMILES string of the molecule is NC(=O)c1cnc2nccc(N3CCOCC3)c2c1. The van der Waals surface area contributed by atoms with E-state index in [1.54, 1.807) is 12.3 Å². The van der Waals surface area contributed by atoms with Crippen LogP contribution in [0.5, 0.6) is 0 Å². The van der Waals surface area contributed by atoms with Gasteiger partial charge in [-0.25, -0.2) is 9.97 Å². The Hall–Kier alpha value is -2.21. The van der Waals surface area contributed by atoms with Gasteiger partial charge in [0.1, 0.15) is 0 Å². The molecule has 2 N–H and O–H groups in total. The number of carbonyl (C=O) groups excluding carboxylic acids is 1. The van der Waals surface area contributed by atoms with E-state index in [1.165, 1.54) is 6.20 Å². The van der Waals surface area contributed by atoms with E-state index in [1.807, 2.05) is 6.07 Å².